The Balaban J connectivity index is 1.60. The largest absolute Gasteiger partial charge is 0.352 e. The van der Waals surface area contributed by atoms with E-state index >= 15 is 0 Å². The number of rotatable bonds is 4. The van der Waals surface area contributed by atoms with Crippen LogP contribution in [0.2, 0.25) is 0 Å². The van der Waals surface area contributed by atoms with Crippen molar-refractivity contribution in [2.75, 3.05) is 11.9 Å². The average molecular weight is 344 g/mol. The Labute approximate surface area is 143 Å². The fourth-order valence-electron chi connectivity index (χ4n) is 2.47. The van der Waals surface area contributed by atoms with Crippen LogP contribution in [0.4, 0.5) is 10.1 Å². The minimum absolute atomic E-state index is 0.00231. The number of halogens is 1. The first-order valence-electron chi connectivity index (χ1n) is 7.68. The zero-order chi connectivity index (χ0) is 17.1. The summed E-state index contributed by atoms with van der Waals surface area (Å²) in [5.74, 6) is -0.959. The number of fused-ring (bicyclic) bond motifs is 1. The summed E-state index contributed by atoms with van der Waals surface area (Å²) in [6.07, 6.45) is 0.601. The lowest BCUT2D eigenvalue weighted by molar-refractivity contribution is -0.115. The first-order chi connectivity index (χ1) is 11.5. The second-order valence-electron chi connectivity index (χ2n) is 5.57. The SMILES string of the molecule is CC1Sc2ccc(CCNC(=O)c3ccccc3F)cc2NC1=O. The number of hydrogen-bond acceptors (Lipinski definition) is 3. The third kappa shape index (κ3) is 3.59. The summed E-state index contributed by atoms with van der Waals surface area (Å²) < 4.78 is 13.5. The standard InChI is InChI=1S/C18H17FN2O2S/c1-11-17(22)21-15-10-12(6-7-16(15)24-11)8-9-20-18(23)13-4-2-3-5-14(13)19/h2-7,10-11H,8-9H2,1H3,(H,20,23)(H,21,22). The normalized spacial score (nSPS) is 16.2. The molecular formula is C18H17FN2O2S. The number of thioether (sulfide) groups is 1. The van der Waals surface area contributed by atoms with Gasteiger partial charge in [0, 0.05) is 11.4 Å². The van der Waals surface area contributed by atoms with Crippen LogP contribution in [0.3, 0.4) is 0 Å². The number of anilines is 1. The molecule has 1 aliphatic rings. The molecule has 4 nitrogen and oxygen atoms in total. The molecule has 0 fully saturated rings. The Bertz CT molecular complexity index is 794. The van der Waals surface area contributed by atoms with Gasteiger partial charge >= 0.3 is 0 Å². The van der Waals surface area contributed by atoms with Crippen molar-refractivity contribution in [3.05, 3.63) is 59.4 Å². The Morgan fingerprint density at radius 1 is 1.29 bits per heavy atom. The molecule has 0 aromatic heterocycles. The van der Waals surface area contributed by atoms with Crippen LogP contribution >= 0.6 is 11.8 Å². The van der Waals surface area contributed by atoms with Crippen molar-refractivity contribution in [3.63, 3.8) is 0 Å². The van der Waals surface area contributed by atoms with E-state index in [1.54, 1.807) is 12.1 Å². The van der Waals surface area contributed by atoms with Gasteiger partial charge in [0.25, 0.3) is 5.91 Å². The summed E-state index contributed by atoms with van der Waals surface area (Å²) in [5.41, 5.74) is 1.85. The van der Waals surface area contributed by atoms with Gasteiger partial charge in [-0.15, -0.1) is 11.8 Å². The van der Waals surface area contributed by atoms with Crippen LogP contribution in [0.25, 0.3) is 0 Å². The lowest BCUT2D eigenvalue weighted by atomic mass is 10.1. The molecule has 0 radical (unpaired) electrons. The Hall–Kier alpha value is -2.34. The molecular weight excluding hydrogens is 327 g/mol. The molecule has 1 atom stereocenters. The van der Waals surface area contributed by atoms with E-state index in [1.807, 2.05) is 25.1 Å². The fourth-order valence-corrected chi connectivity index (χ4v) is 3.40. The van der Waals surface area contributed by atoms with Crippen LogP contribution in [0.1, 0.15) is 22.8 Å². The molecule has 124 valence electrons. The number of nitrogens with one attached hydrogen (secondary N) is 2. The Morgan fingerprint density at radius 3 is 2.88 bits per heavy atom. The summed E-state index contributed by atoms with van der Waals surface area (Å²) in [5, 5.41) is 5.50. The van der Waals surface area contributed by atoms with Crippen molar-refractivity contribution >= 4 is 29.3 Å². The lowest BCUT2D eigenvalue weighted by Crippen LogP contribution is -2.27. The van der Waals surface area contributed by atoms with Crippen molar-refractivity contribution in [1.82, 2.24) is 5.32 Å². The molecule has 0 saturated carbocycles. The maximum Gasteiger partial charge on any atom is 0.254 e. The summed E-state index contributed by atoms with van der Waals surface area (Å²) in [6, 6.07) is 11.8. The second kappa shape index (κ2) is 7.05. The van der Waals surface area contributed by atoms with Gasteiger partial charge in [-0.3, -0.25) is 9.59 Å². The third-order valence-corrected chi connectivity index (χ3v) is 4.97. The molecule has 2 N–H and O–H groups in total. The molecule has 0 saturated heterocycles. The molecule has 0 bridgehead atoms. The second-order valence-corrected chi connectivity index (χ2v) is 6.95. The van der Waals surface area contributed by atoms with E-state index in [9.17, 15) is 14.0 Å². The van der Waals surface area contributed by atoms with Crippen LogP contribution in [-0.4, -0.2) is 23.6 Å². The molecule has 1 aliphatic heterocycles. The molecule has 24 heavy (non-hydrogen) atoms. The van der Waals surface area contributed by atoms with Crippen molar-refractivity contribution in [1.29, 1.82) is 0 Å². The van der Waals surface area contributed by atoms with Crippen LogP contribution in [0, 0.1) is 5.82 Å². The zero-order valence-corrected chi connectivity index (χ0v) is 14.0. The highest BCUT2D eigenvalue weighted by atomic mass is 32.2. The van der Waals surface area contributed by atoms with Gasteiger partial charge in [-0.2, -0.15) is 0 Å². The van der Waals surface area contributed by atoms with Crippen LogP contribution in [-0.2, 0) is 11.2 Å². The smallest absolute Gasteiger partial charge is 0.254 e. The van der Waals surface area contributed by atoms with Crippen molar-refractivity contribution in [2.45, 2.75) is 23.5 Å². The van der Waals surface area contributed by atoms with Gasteiger partial charge in [-0.25, -0.2) is 4.39 Å². The topological polar surface area (TPSA) is 58.2 Å². The van der Waals surface area contributed by atoms with Crippen LogP contribution < -0.4 is 10.6 Å². The maximum absolute atomic E-state index is 13.5. The Kier molecular flexibility index (Phi) is 4.85. The number of carbonyl (C=O) groups excluding carboxylic acids is 2. The van der Waals surface area contributed by atoms with Gasteiger partial charge in [0.05, 0.1) is 16.5 Å². The number of hydrogen-bond donors (Lipinski definition) is 2. The molecule has 1 unspecified atom stereocenters. The van der Waals surface area contributed by atoms with E-state index in [-0.39, 0.29) is 16.7 Å². The number of carbonyl (C=O) groups is 2. The summed E-state index contributed by atoms with van der Waals surface area (Å²) in [7, 11) is 0. The molecule has 2 aromatic carbocycles. The molecule has 2 amide bonds. The van der Waals surface area contributed by atoms with Gasteiger partial charge in [-0.1, -0.05) is 18.2 Å². The van der Waals surface area contributed by atoms with E-state index in [0.29, 0.717) is 13.0 Å². The van der Waals surface area contributed by atoms with Gasteiger partial charge in [0.2, 0.25) is 5.91 Å². The molecule has 0 aliphatic carbocycles. The summed E-state index contributed by atoms with van der Waals surface area (Å²) in [4.78, 5) is 24.7. The van der Waals surface area contributed by atoms with Crippen molar-refractivity contribution in [2.24, 2.45) is 0 Å². The minimum atomic E-state index is -0.530. The monoisotopic (exact) mass is 344 g/mol. The molecule has 2 aromatic rings. The maximum atomic E-state index is 13.5. The first kappa shape index (κ1) is 16.5. The highest BCUT2D eigenvalue weighted by Crippen LogP contribution is 2.35. The zero-order valence-electron chi connectivity index (χ0n) is 13.1. The van der Waals surface area contributed by atoms with Crippen LogP contribution in [0.5, 0.6) is 0 Å². The fraction of sp³-hybridized carbons (Fsp3) is 0.222. The molecule has 3 rings (SSSR count). The molecule has 6 heteroatoms. The predicted octanol–water partition coefficient (Wildman–Crippen LogP) is 3.23. The van der Waals surface area contributed by atoms with Crippen molar-refractivity contribution < 1.29 is 14.0 Å². The van der Waals surface area contributed by atoms with Crippen molar-refractivity contribution in [3.8, 4) is 0 Å². The summed E-state index contributed by atoms with van der Waals surface area (Å²) >= 11 is 1.53. The number of amides is 2. The molecule has 1 heterocycles. The third-order valence-electron chi connectivity index (χ3n) is 3.79. The van der Waals surface area contributed by atoms with Gasteiger partial charge < -0.3 is 10.6 Å². The highest BCUT2D eigenvalue weighted by molar-refractivity contribution is 8.00. The average Bonchev–Trinajstić information content (AvgIpc) is 2.56. The van der Waals surface area contributed by atoms with E-state index in [0.717, 1.165) is 16.1 Å². The van der Waals surface area contributed by atoms with E-state index < -0.39 is 11.7 Å². The molecule has 0 spiro atoms. The Morgan fingerprint density at radius 2 is 2.08 bits per heavy atom. The van der Waals surface area contributed by atoms with E-state index in [2.05, 4.69) is 10.6 Å². The van der Waals surface area contributed by atoms with Crippen LogP contribution in [0.15, 0.2) is 47.4 Å². The van der Waals surface area contributed by atoms with E-state index in [4.69, 9.17) is 0 Å². The lowest BCUT2D eigenvalue weighted by Gasteiger charge is -2.21. The number of benzene rings is 2. The highest BCUT2D eigenvalue weighted by Gasteiger charge is 2.22. The van der Waals surface area contributed by atoms with Gasteiger partial charge in [-0.05, 0) is 43.2 Å². The van der Waals surface area contributed by atoms with E-state index in [1.165, 1.54) is 23.9 Å². The first-order valence-corrected chi connectivity index (χ1v) is 8.56. The van der Waals surface area contributed by atoms with Gasteiger partial charge in [0.1, 0.15) is 5.82 Å². The predicted molar refractivity (Wildman–Crippen MR) is 92.8 cm³/mol. The summed E-state index contributed by atoms with van der Waals surface area (Å²) in [6.45, 7) is 2.26. The quantitative estimate of drug-likeness (QED) is 0.895. The van der Waals surface area contributed by atoms with Gasteiger partial charge in [0.15, 0.2) is 0 Å². The minimum Gasteiger partial charge on any atom is -0.352 e.